The van der Waals surface area contributed by atoms with Gasteiger partial charge < -0.3 is 4.98 Å². The van der Waals surface area contributed by atoms with Gasteiger partial charge in [-0.3, -0.25) is 5.10 Å². The monoisotopic (exact) mass is 354 g/mol. The van der Waals surface area contributed by atoms with Crippen molar-refractivity contribution in [1.82, 2.24) is 20.2 Å². The zero-order valence-electron chi connectivity index (χ0n) is 14.3. The molecule has 3 aromatic carbocycles. The average Bonchev–Trinajstić information content (AvgIpc) is 3.31. The van der Waals surface area contributed by atoms with E-state index < -0.39 is 0 Å². The van der Waals surface area contributed by atoms with Crippen LogP contribution in [0.4, 0.5) is 4.39 Å². The molecule has 0 saturated heterocycles. The molecule has 0 spiro atoms. The third-order valence-corrected chi connectivity index (χ3v) is 4.54. The summed E-state index contributed by atoms with van der Waals surface area (Å²) in [5.41, 5.74) is 5.62. The van der Waals surface area contributed by atoms with E-state index in [9.17, 15) is 4.39 Å². The van der Waals surface area contributed by atoms with Gasteiger partial charge in [-0.25, -0.2) is 9.37 Å². The molecule has 2 N–H and O–H groups in total. The van der Waals surface area contributed by atoms with Crippen molar-refractivity contribution >= 4 is 34.1 Å². The molecule has 0 saturated carbocycles. The van der Waals surface area contributed by atoms with E-state index in [1.807, 2.05) is 54.6 Å². The summed E-state index contributed by atoms with van der Waals surface area (Å²) < 4.78 is 13.0. The third-order valence-electron chi connectivity index (χ3n) is 4.54. The highest BCUT2D eigenvalue weighted by molar-refractivity contribution is 5.93. The standard InChI is InChI=1S/C22H15FN4/c23-16-10-7-14(8-11-16)5-6-15-9-12-19-20(13-15)25-22(24-19)21-17-3-1-2-4-18(17)26-27-21/h1-13H,(H,24,25)(H,26,27)/b6-5+. The van der Waals surface area contributed by atoms with Gasteiger partial charge in [0.15, 0.2) is 5.82 Å². The maximum atomic E-state index is 13.0. The molecule has 0 unspecified atom stereocenters. The van der Waals surface area contributed by atoms with Crippen LogP contribution in [0.15, 0.2) is 66.7 Å². The summed E-state index contributed by atoms with van der Waals surface area (Å²) in [7, 11) is 0. The van der Waals surface area contributed by atoms with Gasteiger partial charge in [-0.05, 0) is 41.5 Å². The summed E-state index contributed by atoms with van der Waals surface area (Å²) in [5.74, 6) is 0.531. The second-order valence-electron chi connectivity index (χ2n) is 6.36. The molecule has 0 radical (unpaired) electrons. The molecule has 130 valence electrons. The molecule has 2 aromatic heterocycles. The van der Waals surface area contributed by atoms with Crippen LogP contribution in [0.3, 0.4) is 0 Å². The number of fused-ring (bicyclic) bond motifs is 2. The Morgan fingerprint density at radius 2 is 1.59 bits per heavy atom. The van der Waals surface area contributed by atoms with E-state index in [2.05, 4.69) is 20.2 Å². The van der Waals surface area contributed by atoms with E-state index in [0.29, 0.717) is 0 Å². The first-order valence-corrected chi connectivity index (χ1v) is 8.63. The minimum atomic E-state index is -0.232. The Morgan fingerprint density at radius 3 is 2.48 bits per heavy atom. The number of para-hydroxylation sites is 1. The first-order chi connectivity index (χ1) is 13.3. The Balaban J connectivity index is 1.50. The number of nitrogens with one attached hydrogen (secondary N) is 2. The summed E-state index contributed by atoms with van der Waals surface area (Å²) in [6, 6.07) is 20.4. The quantitative estimate of drug-likeness (QED) is 0.425. The van der Waals surface area contributed by atoms with E-state index in [1.54, 1.807) is 12.1 Å². The van der Waals surface area contributed by atoms with Crippen LogP contribution < -0.4 is 0 Å². The Morgan fingerprint density at radius 1 is 0.815 bits per heavy atom. The van der Waals surface area contributed by atoms with E-state index in [-0.39, 0.29) is 5.82 Å². The second-order valence-corrected chi connectivity index (χ2v) is 6.36. The molecule has 5 heteroatoms. The number of halogens is 1. The Kier molecular flexibility index (Phi) is 3.57. The molecule has 0 fully saturated rings. The molecular formula is C22H15FN4. The number of hydrogen-bond donors (Lipinski definition) is 2. The molecule has 0 amide bonds. The number of hydrogen-bond acceptors (Lipinski definition) is 2. The van der Waals surface area contributed by atoms with Gasteiger partial charge in [-0.1, -0.05) is 48.6 Å². The fraction of sp³-hybridized carbons (Fsp3) is 0. The normalized spacial score (nSPS) is 11.7. The molecule has 27 heavy (non-hydrogen) atoms. The van der Waals surface area contributed by atoms with Crippen molar-refractivity contribution in [3.63, 3.8) is 0 Å². The molecule has 0 aliphatic heterocycles. The summed E-state index contributed by atoms with van der Waals surface area (Å²) in [6.07, 6.45) is 3.96. The third kappa shape index (κ3) is 2.89. The number of benzene rings is 3. The van der Waals surface area contributed by atoms with Crippen molar-refractivity contribution in [1.29, 1.82) is 0 Å². The number of H-pyrrole nitrogens is 2. The molecule has 4 nitrogen and oxygen atoms in total. The van der Waals surface area contributed by atoms with Gasteiger partial charge in [0.1, 0.15) is 11.5 Å². The van der Waals surface area contributed by atoms with Gasteiger partial charge in [0.05, 0.1) is 16.6 Å². The molecule has 0 aliphatic rings. The van der Waals surface area contributed by atoms with Gasteiger partial charge in [0, 0.05) is 5.39 Å². The maximum Gasteiger partial charge on any atom is 0.157 e. The zero-order chi connectivity index (χ0) is 18.2. The fourth-order valence-electron chi connectivity index (χ4n) is 3.16. The summed E-state index contributed by atoms with van der Waals surface area (Å²) >= 11 is 0. The lowest BCUT2D eigenvalue weighted by Crippen LogP contribution is -1.80. The van der Waals surface area contributed by atoms with Crippen molar-refractivity contribution in [2.45, 2.75) is 0 Å². The van der Waals surface area contributed by atoms with Crippen LogP contribution in [0.1, 0.15) is 11.1 Å². The minimum Gasteiger partial charge on any atom is -0.337 e. The SMILES string of the molecule is Fc1ccc(/C=C/c2ccc3nc(-c4[nH]nc5ccccc45)[nH]c3c2)cc1. The Labute approximate surface area is 154 Å². The average molecular weight is 354 g/mol. The largest absolute Gasteiger partial charge is 0.337 e. The van der Waals surface area contributed by atoms with Crippen molar-refractivity contribution in [2.24, 2.45) is 0 Å². The molecule has 0 atom stereocenters. The van der Waals surface area contributed by atoms with Crippen LogP contribution in [0.25, 0.3) is 45.6 Å². The second kappa shape index (κ2) is 6.21. The number of nitrogens with zero attached hydrogens (tertiary/aromatic N) is 2. The zero-order valence-corrected chi connectivity index (χ0v) is 14.3. The highest BCUT2D eigenvalue weighted by Crippen LogP contribution is 2.26. The van der Waals surface area contributed by atoms with Gasteiger partial charge in [0.2, 0.25) is 0 Å². The van der Waals surface area contributed by atoms with E-state index in [0.717, 1.165) is 44.6 Å². The van der Waals surface area contributed by atoms with Crippen LogP contribution in [0.2, 0.25) is 0 Å². The first-order valence-electron chi connectivity index (χ1n) is 8.63. The van der Waals surface area contributed by atoms with E-state index in [4.69, 9.17) is 0 Å². The summed E-state index contributed by atoms with van der Waals surface area (Å²) in [5, 5.41) is 8.43. The molecule has 2 heterocycles. The molecular weight excluding hydrogens is 339 g/mol. The van der Waals surface area contributed by atoms with Crippen LogP contribution in [-0.2, 0) is 0 Å². The first kappa shape index (κ1) is 15.5. The van der Waals surface area contributed by atoms with Crippen molar-refractivity contribution in [2.75, 3.05) is 0 Å². The number of imidazole rings is 1. The molecule has 5 aromatic rings. The predicted octanol–water partition coefficient (Wildman–Crippen LogP) is 5.42. The smallest absolute Gasteiger partial charge is 0.157 e. The highest BCUT2D eigenvalue weighted by Gasteiger charge is 2.11. The van der Waals surface area contributed by atoms with Crippen LogP contribution >= 0.6 is 0 Å². The minimum absolute atomic E-state index is 0.232. The predicted molar refractivity (Wildman–Crippen MR) is 107 cm³/mol. The lowest BCUT2D eigenvalue weighted by Gasteiger charge is -1.95. The highest BCUT2D eigenvalue weighted by atomic mass is 19.1. The molecule has 5 rings (SSSR count). The van der Waals surface area contributed by atoms with Crippen molar-refractivity contribution in [3.8, 4) is 11.5 Å². The Hall–Kier alpha value is -3.73. The van der Waals surface area contributed by atoms with Gasteiger partial charge in [0.25, 0.3) is 0 Å². The number of aromatic amines is 2. The van der Waals surface area contributed by atoms with E-state index in [1.165, 1.54) is 12.1 Å². The lowest BCUT2D eigenvalue weighted by atomic mass is 10.1. The van der Waals surface area contributed by atoms with Gasteiger partial charge in [-0.15, -0.1) is 0 Å². The van der Waals surface area contributed by atoms with Gasteiger partial charge >= 0.3 is 0 Å². The molecule has 0 bridgehead atoms. The van der Waals surface area contributed by atoms with Crippen LogP contribution in [0, 0.1) is 5.82 Å². The summed E-state index contributed by atoms with van der Waals surface area (Å²) in [6.45, 7) is 0. The summed E-state index contributed by atoms with van der Waals surface area (Å²) in [4.78, 5) is 8.05. The topological polar surface area (TPSA) is 57.4 Å². The van der Waals surface area contributed by atoms with Gasteiger partial charge in [-0.2, -0.15) is 5.10 Å². The number of aromatic nitrogens is 4. The molecule has 0 aliphatic carbocycles. The van der Waals surface area contributed by atoms with Crippen LogP contribution in [0.5, 0.6) is 0 Å². The van der Waals surface area contributed by atoms with Crippen molar-refractivity contribution in [3.05, 3.63) is 83.7 Å². The maximum absolute atomic E-state index is 13.0. The number of rotatable bonds is 3. The van der Waals surface area contributed by atoms with Crippen molar-refractivity contribution < 1.29 is 4.39 Å². The Bertz CT molecular complexity index is 1280. The van der Waals surface area contributed by atoms with Crippen LogP contribution in [-0.4, -0.2) is 20.2 Å². The van der Waals surface area contributed by atoms with E-state index >= 15 is 0 Å². The lowest BCUT2D eigenvalue weighted by molar-refractivity contribution is 0.628. The fourth-order valence-corrected chi connectivity index (χ4v) is 3.16.